The summed E-state index contributed by atoms with van der Waals surface area (Å²) < 4.78 is 19.0. The number of pyridine rings is 1. The molecule has 0 bridgehead atoms. The molecule has 3 nitrogen and oxygen atoms in total. The highest BCUT2D eigenvalue weighted by Crippen LogP contribution is 2.38. The van der Waals surface area contributed by atoms with Gasteiger partial charge in [0.05, 0.1) is 7.11 Å². The minimum Gasteiger partial charge on any atom is -0.494 e. The van der Waals surface area contributed by atoms with Crippen molar-refractivity contribution in [2.24, 2.45) is 0 Å². The standard InChI is InChI=1S/C16H19FN2O/c1-18-14-9-13(10-5-3-4-6-10)19-16-12(14)7-11(17)8-15(16)20-2/h7-10H,3-6H2,1-2H3,(H,18,19). The highest BCUT2D eigenvalue weighted by atomic mass is 19.1. The Labute approximate surface area is 118 Å². The van der Waals surface area contributed by atoms with Crippen molar-refractivity contribution in [1.29, 1.82) is 0 Å². The van der Waals surface area contributed by atoms with E-state index in [9.17, 15) is 4.39 Å². The molecule has 2 aromatic rings. The summed E-state index contributed by atoms with van der Waals surface area (Å²) in [6, 6.07) is 4.96. The zero-order valence-electron chi connectivity index (χ0n) is 11.9. The van der Waals surface area contributed by atoms with Crippen molar-refractivity contribution in [2.45, 2.75) is 31.6 Å². The number of hydrogen-bond donors (Lipinski definition) is 1. The van der Waals surface area contributed by atoms with Gasteiger partial charge in [0, 0.05) is 35.8 Å². The van der Waals surface area contributed by atoms with Crippen LogP contribution in [0.1, 0.15) is 37.3 Å². The van der Waals surface area contributed by atoms with Gasteiger partial charge in [-0.3, -0.25) is 0 Å². The van der Waals surface area contributed by atoms with E-state index >= 15 is 0 Å². The highest BCUT2D eigenvalue weighted by Gasteiger charge is 2.21. The molecular weight excluding hydrogens is 255 g/mol. The number of nitrogens with one attached hydrogen (secondary N) is 1. The molecule has 0 saturated heterocycles. The fraction of sp³-hybridized carbons (Fsp3) is 0.438. The van der Waals surface area contributed by atoms with Crippen LogP contribution in [-0.2, 0) is 0 Å². The normalized spacial score (nSPS) is 15.8. The molecule has 106 valence electrons. The summed E-state index contributed by atoms with van der Waals surface area (Å²) in [5.41, 5.74) is 2.74. The van der Waals surface area contributed by atoms with Crippen molar-refractivity contribution in [1.82, 2.24) is 4.98 Å². The molecule has 20 heavy (non-hydrogen) atoms. The summed E-state index contributed by atoms with van der Waals surface area (Å²) in [5.74, 6) is 0.707. The first-order valence-electron chi connectivity index (χ1n) is 7.09. The number of anilines is 1. The van der Waals surface area contributed by atoms with Crippen molar-refractivity contribution < 1.29 is 9.13 Å². The average Bonchev–Trinajstić information content (AvgIpc) is 2.99. The SMILES string of the molecule is CNc1cc(C2CCCC2)nc2c(OC)cc(F)cc12. The molecular formula is C16H19FN2O. The lowest BCUT2D eigenvalue weighted by molar-refractivity contribution is 0.415. The van der Waals surface area contributed by atoms with E-state index in [0.717, 1.165) is 22.3 Å². The van der Waals surface area contributed by atoms with Gasteiger partial charge in [-0.1, -0.05) is 12.8 Å². The van der Waals surface area contributed by atoms with Crippen LogP contribution < -0.4 is 10.1 Å². The second-order valence-electron chi connectivity index (χ2n) is 5.33. The van der Waals surface area contributed by atoms with E-state index in [1.807, 2.05) is 7.05 Å². The van der Waals surface area contributed by atoms with E-state index in [1.165, 1.54) is 37.8 Å². The van der Waals surface area contributed by atoms with Crippen molar-refractivity contribution in [3.8, 4) is 5.75 Å². The largest absolute Gasteiger partial charge is 0.494 e. The lowest BCUT2D eigenvalue weighted by Crippen LogP contribution is -2.02. The highest BCUT2D eigenvalue weighted by molar-refractivity contribution is 5.95. The summed E-state index contributed by atoms with van der Waals surface area (Å²) in [6.45, 7) is 0. The average molecular weight is 274 g/mol. The Morgan fingerprint density at radius 3 is 2.65 bits per heavy atom. The van der Waals surface area contributed by atoms with Gasteiger partial charge < -0.3 is 10.1 Å². The predicted molar refractivity (Wildman–Crippen MR) is 79.0 cm³/mol. The monoisotopic (exact) mass is 274 g/mol. The quantitative estimate of drug-likeness (QED) is 0.915. The van der Waals surface area contributed by atoms with Crippen LogP contribution >= 0.6 is 0 Å². The van der Waals surface area contributed by atoms with Gasteiger partial charge in [-0.2, -0.15) is 0 Å². The topological polar surface area (TPSA) is 34.2 Å². The van der Waals surface area contributed by atoms with Crippen LogP contribution in [0.3, 0.4) is 0 Å². The molecule has 1 aliphatic carbocycles. The molecule has 4 heteroatoms. The minimum absolute atomic E-state index is 0.304. The molecule has 0 aliphatic heterocycles. The van der Waals surface area contributed by atoms with Crippen LogP contribution in [0.5, 0.6) is 5.75 Å². The van der Waals surface area contributed by atoms with E-state index in [4.69, 9.17) is 9.72 Å². The molecule has 1 aliphatic rings. The Hall–Kier alpha value is -1.84. The van der Waals surface area contributed by atoms with Crippen molar-refractivity contribution in [3.63, 3.8) is 0 Å². The van der Waals surface area contributed by atoms with Crippen LogP contribution in [0.2, 0.25) is 0 Å². The van der Waals surface area contributed by atoms with Gasteiger partial charge >= 0.3 is 0 Å². The van der Waals surface area contributed by atoms with Crippen LogP contribution in [0, 0.1) is 5.82 Å². The lowest BCUT2D eigenvalue weighted by atomic mass is 10.0. The van der Waals surface area contributed by atoms with E-state index in [2.05, 4.69) is 11.4 Å². The summed E-state index contributed by atoms with van der Waals surface area (Å²) >= 11 is 0. The van der Waals surface area contributed by atoms with Gasteiger partial charge in [0.25, 0.3) is 0 Å². The third-order valence-corrected chi connectivity index (χ3v) is 4.13. The number of halogens is 1. The van der Waals surface area contributed by atoms with Crippen LogP contribution in [0.25, 0.3) is 10.9 Å². The van der Waals surface area contributed by atoms with Crippen LogP contribution in [0.15, 0.2) is 18.2 Å². The smallest absolute Gasteiger partial charge is 0.148 e. The van der Waals surface area contributed by atoms with Gasteiger partial charge in [0.2, 0.25) is 0 Å². The summed E-state index contributed by atoms with van der Waals surface area (Å²) in [4.78, 5) is 4.75. The molecule has 1 aromatic heterocycles. The van der Waals surface area contributed by atoms with Gasteiger partial charge in [0.1, 0.15) is 17.1 Å². The minimum atomic E-state index is -0.304. The molecule has 0 spiro atoms. The first-order valence-corrected chi connectivity index (χ1v) is 7.09. The molecule has 0 amide bonds. The predicted octanol–water partition coefficient (Wildman–Crippen LogP) is 4.08. The maximum absolute atomic E-state index is 13.7. The van der Waals surface area contributed by atoms with Crippen molar-refractivity contribution >= 4 is 16.6 Å². The molecule has 1 fully saturated rings. The fourth-order valence-electron chi connectivity index (χ4n) is 3.08. The van der Waals surface area contributed by atoms with E-state index < -0.39 is 0 Å². The Balaban J connectivity index is 2.22. The van der Waals surface area contributed by atoms with Gasteiger partial charge in [-0.15, -0.1) is 0 Å². The van der Waals surface area contributed by atoms with Gasteiger partial charge in [0.15, 0.2) is 0 Å². The molecule has 1 aromatic carbocycles. The van der Waals surface area contributed by atoms with E-state index in [0.29, 0.717) is 11.7 Å². The first kappa shape index (κ1) is 13.2. The van der Waals surface area contributed by atoms with Crippen LogP contribution in [-0.4, -0.2) is 19.1 Å². The van der Waals surface area contributed by atoms with Crippen molar-refractivity contribution in [3.05, 3.63) is 29.7 Å². The number of ether oxygens (including phenoxy) is 1. The third-order valence-electron chi connectivity index (χ3n) is 4.13. The molecule has 3 rings (SSSR count). The zero-order chi connectivity index (χ0) is 14.1. The molecule has 0 atom stereocenters. The number of rotatable bonds is 3. The molecule has 1 saturated carbocycles. The summed E-state index contributed by atoms with van der Waals surface area (Å²) in [7, 11) is 3.40. The zero-order valence-corrected chi connectivity index (χ0v) is 11.9. The van der Waals surface area contributed by atoms with E-state index in [-0.39, 0.29) is 5.82 Å². The fourth-order valence-corrected chi connectivity index (χ4v) is 3.08. The maximum atomic E-state index is 13.7. The lowest BCUT2D eigenvalue weighted by Gasteiger charge is -2.15. The van der Waals surface area contributed by atoms with Crippen LogP contribution in [0.4, 0.5) is 10.1 Å². The number of fused-ring (bicyclic) bond motifs is 1. The number of benzene rings is 1. The number of aromatic nitrogens is 1. The third kappa shape index (κ3) is 2.19. The molecule has 0 radical (unpaired) electrons. The Morgan fingerprint density at radius 1 is 1.25 bits per heavy atom. The summed E-state index contributed by atoms with van der Waals surface area (Å²) in [6.07, 6.45) is 4.90. The van der Waals surface area contributed by atoms with E-state index in [1.54, 1.807) is 7.11 Å². The first-order chi connectivity index (χ1) is 9.72. The molecule has 1 heterocycles. The Kier molecular flexibility index (Phi) is 3.47. The maximum Gasteiger partial charge on any atom is 0.148 e. The van der Waals surface area contributed by atoms with Gasteiger partial charge in [-0.25, -0.2) is 9.37 Å². The Morgan fingerprint density at radius 2 is 2.00 bits per heavy atom. The second kappa shape index (κ2) is 5.27. The molecule has 1 N–H and O–H groups in total. The Bertz CT molecular complexity index is 636. The summed E-state index contributed by atoms with van der Waals surface area (Å²) in [5, 5.41) is 3.92. The number of methoxy groups -OCH3 is 1. The van der Waals surface area contributed by atoms with Crippen molar-refractivity contribution in [2.75, 3.05) is 19.5 Å². The molecule has 0 unspecified atom stereocenters. The number of nitrogens with zero attached hydrogens (tertiary/aromatic N) is 1. The second-order valence-corrected chi connectivity index (χ2v) is 5.33. The number of hydrogen-bond acceptors (Lipinski definition) is 3. The van der Waals surface area contributed by atoms with Gasteiger partial charge in [-0.05, 0) is 25.0 Å².